The van der Waals surface area contributed by atoms with Crippen LogP contribution >= 0.6 is 0 Å². The molecule has 3 nitrogen and oxygen atoms in total. The molecule has 0 fully saturated rings. The van der Waals surface area contributed by atoms with Crippen LogP contribution < -0.4 is 0 Å². The Bertz CT molecular complexity index is 555. The minimum Gasteiger partial charge on any atom is -0.292 e. The third-order valence-corrected chi connectivity index (χ3v) is 2.90. The van der Waals surface area contributed by atoms with Crippen molar-refractivity contribution in [2.45, 2.75) is 27.3 Å². The molecule has 0 aliphatic rings. The van der Waals surface area contributed by atoms with E-state index in [-0.39, 0.29) is 5.78 Å². The van der Waals surface area contributed by atoms with E-state index in [2.05, 4.69) is 5.10 Å². The number of nitrogens with zero attached hydrogens (tertiary/aromatic N) is 2. The van der Waals surface area contributed by atoms with Crippen LogP contribution in [0.15, 0.2) is 30.6 Å². The number of Topliss-reactive ketones (excluding diaryl/α,β-unsaturated/α-hetero) is 1. The molecule has 0 amide bonds. The molecule has 0 radical (unpaired) electrons. The van der Waals surface area contributed by atoms with Crippen LogP contribution in [0.5, 0.6) is 0 Å². The molecule has 0 atom stereocenters. The van der Waals surface area contributed by atoms with Gasteiger partial charge in [0.25, 0.3) is 0 Å². The van der Waals surface area contributed by atoms with Crippen molar-refractivity contribution in [3.05, 3.63) is 52.8 Å². The number of hydrogen-bond acceptors (Lipinski definition) is 2. The number of hydrogen-bond donors (Lipinski definition) is 0. The summed E-state index contributed by atoms with van der Waals surface area (Å²) < 4.78 is 1.67. The van der Waals surface area contributed by atoms with Gasteiger partial charge in [0, 0.05) is 11.8 Å². The first-order valence-electron chi connectivity index (χ1n) is 5.66. The molecule has 1 aromatic heterocycles. The molecule has 0 unspecified atom stereocenters. The van der Waals surface area contributed by atoms with Gasteiger partial charge in [-0.2, -0.15) is 5.10 Å². The second-order valence-corrected chi connectivity index (χ2v) is 4.44. The van der Waals surface area contributed by atoms with Crippen molar-refractivity contribution in [1.29, 1.82) is 0 Å². The molecule has 0 aliphatic heterocycles. The van der Waals surface area contributed by atoms with Gasteiger partial charge in [0.05, 0.1) is 6.20 Å². The van der Waals surface area contributed by atoms with Crippen LogP contribution in [-0.4, -0.2) is 15.6 Å². The molecular weight excluding hydrogens is 212 g/mol. The minimum absolute atomic E-state index is 0.0937. The van der Waals surface area contributed by atoms with Gasteiger partial charge in [-0.25, -0.2) is 0 Å². The summed E-state index contributed by atoms with van der Waals surface area (Å²) in [7, 11) is 0. The predicted octanol–water partition coefficient (Wildman–Crippen LogP) is 2.69. The highest BCUT2D eigenvalue weighted by Crippen LogP contribution is 2.11. The number of carbonyl (C=O) groups excluding carboxylic acids is 1. The zero-order valence-corrected chi connectivity index (χ0v) is 10.4. The van der Waals surface area contributed by atoms with E-state index in [9.17, 15) is 4.79 Å². The molecular formula is C14H16N2O. The molecule has 0 N–H and O–H groups in total. The standard InChI is InChI=1S/C14H16N2O/c1-10-7-15-16(8-10)9-14(17)13-5-4-11(2)12(3)6-13/h4-8H,9H2,1-3H3. The maximum Gasteiger partial charge on any atom is 0.184 e. The molecule has 88 valence electrons. The minimum atomic E-state index is 0.0937. The Morgan fingerprint density at radius 2 is 2.00 bits per heavy atom. The maximum atomic E-state index is 12.0. The fraction of sp³-hybridized carbons (Fsp3) is 0.286. The molecule has 0 aliphatic carbocycles. The second kappa shape index (κ2) is 4.53. The van der Waals surface area contributed by atoms with E-state index in [0.717, 1.165) is 16.7 Å². The van der Waals surface area contributed by atoms with Crippen LogP contribution in [0.2, 0.25) is 0 Å². The second-order valence-electron chi connectivity index (χ2n) is 4.44. The van der Waals surface area contributed by atoms with Crippen molar-refractivity contribution in [2.24, 2.45) is 0 Å². The summed E-state index contributed by atoms with van der Waals surface area (Å²) in [5, 5.41) is 4.12. The Morgan fingerprint density at radius 1 is 1.24 bits per heavy atom. The summed E-state index contributed by atoms with van der Waals surface area (Å²) in [5.74, 6) is 0.0937. The normalized spacial score (nSPS) is 10.5. The van der Waals surface area contributed by atoms with Crippen LogP contribution in [0.1, 0.15) is 27.0 Å². The molecule has 2 aromatic rings. The molecule has 3 heteroatoms. The summed E-state index contributed by atoms with van der Waals surface area (Å²) in [4.78, 5) is 12.0. The first-order chi connectivity index (χ1) is 8.06. The Hall–Kier alpha value is -1.90. The zero-order valence-electron chi connectivity index (χ0n) is 10.4. The fourth-order valence-electron chi connectivity index (χ4n) is 1.71. The fourth-order valence-corrected chi connectivity index (χ4v) is 1.71. The maximum absolute atomic E-state index is 12.0. The Labute approximate surface area is 101 Å². The van der Waals surface area contributed by atoms with Crippen molar-refractivity contribution in [3.8, 4) is 0 Å². The van der Waals surface area contributed by atoms with E-state index in [1.54, 1.807) is 10.9 Å². The summed E-state index contributed by atoms with van der Waals surface area (Å²) in [5.41, 5.74) is 4.17. The largest absolute Gasteiger partial charge is 0.292 e. The first-order valence-corrected chi connectivity index (χ1v) is 5.66. The molecule has 0 bridgehead atoms. The number of aromatic nitrogens is 2. The van der Waals surface area contributed by atoms with Crippen molar-refractivity contribution in [3.63, 3.8) is 0 Å². The highest BCUT2D eigenvalue weighted by Gasteiger charge is 2.08. The molecule has 0 saturated carbocycles. The van der Waals surface area contributed by atoms with Crippen LogP contribution in [0, 0.1) is 20.8 Å². The van der Waals surface area contributed by atoms with Crippen molar-refractivity contribution in [2.75, 3.05) is 0 Å². The van der Waals surface area contributed by atoms with Gasteiger partial charge in [-0.3, -0.25) is 9.48 Å². The predicted molar refractivity (Wildman–Crippen MR) is 67.2 cm³/mol. The summed E-state index contributed by atoms with van der Waals surface area (Å²) in [6, 6.07) is 5.80. The topological polar surface area (TPSA) is 34.9 Å². The van der Waals surface area contributed by atoms with Crippen molar-refractivity contribution < 1.29 is 4.79 Å². The highest BCUT2D eigenvalue weighted by atomic mass is 16.1. The third kappa shape index (κ3) is 2.61. The van der Waals surface area contributed by atoms with Crippen LogP contribution in [-0.2, 0) is 6.54 Å². The average molecular weight is 228 g/mol. The lowest BCUT2D eigenvalue weighted by molar-refractivity contribution is 0.0967. The van der Waals surface area contributed by atoms with Crippen molar-refractivity contribution in [1.82, 2.24) is 9.78 Å². The van der Waals surface area contributed by atoms with Gasteiger partial charge in [-0.1, -0.05) is 12.1 Å². The summed E-state index contributed by atoms with van der Waals surface area (Å²) in [6.45, 7) is 6.32. The van der Waals surface area contributed by atoms with Gasteiger partial charge in [0.15, 0.2) is 5.78 Å². The number of ketones is 1. The molecule has 2 rings (SSSR count). The lowest BCUT2D eigenvalue weighted by Gasteiger charge is -2.04. The SMILES string of the molecule is Cc1cnn(CC(=O)c2ccc(C)c(C)c2)c1. The molecule has 1 aromatic carbocycles. The van der Waals surface area contributed by atoms with E-state index in [4.69, 9.17) is 0 Å². The van der Waals surface area contributed by atoms with Crippen LogP contribution in [0.25, 0.3) is 0 Å². The Kier molecular flexibility index (Phi) is 3.09. The van der Waals surface area contributed by atoms with Crippen LogP contribution in [0.3, 0.4) is 0 Å². The van der Waals surface area contributed by atoms with E-state index in [1.807, 2.05) is 45.2 Å². The first kappa shape index (κ1) is 11.6. The number of carbonyl (C=O) groups is 1. The Balaban J connectivity index is 2.17. The van der Waals surface area contributed by atoms with E-state index in [0.29, 0.717) is 6.54 Å². The van der Waals surface area contributed by atoms with E-state index >= 15 is 0 Å². The van der Waals surface area contributed by atoms with E-state index < -0.39 is 0 Å². The van der Waals surface area contributed by atoms with Gasteiger partial charge in [0.2, 0.25) is 0 Å². The number of rotatable bonds is 3. The highest BCUT2D eigenvalue weighted by molar-refractivity contribution is 5.96. The quantitative estimate of drug-likeness (QED) is 0.757. The van der Waals surface area contributed by atoms with Gasteiger partial charge in [-0.15, -0.1) is 0 Å². The average Bonchev–Trinajstić information content (AvgIpc) is 2.68. The number of benzene rings is 1. The van der Waals surface area contributed by atoms with E-state index in [1.165, 1.54) is 5.56 Å². The lowest BCUT2D eigenvalue weighted by atomic mass is 10.0. The van der Waals surface area contributed by atoms with Crippen LogP contribution in [0.4, 0.5) is 0 Å². The lowest BCUT2D eigenvalue weighted by Crippen LogP contribution is -2.11. The molecule has 0 saturated heterocycles. The molecule has 1 heterocycles. The summed E-state index contributed by atoms with van der Waals surface area (Å²) >= 11 is 0. The van der Waals surface area contributed by atoms with Gasteiger partial charge in [-0.05, 0) is 43.5 Å². The third-order valence-electron chi connectivity index (χ3n) is 2.90. The Morgan fingerprint density at radius 3 is 2.59 bits per heavy atom. The monoisotopic (exact) mass is 228 g/mol. The zero-order chi connectivity index (χ0) is 12.4. The van der Waals surface area contributed by atoms with Gasteiger partial charge < -0.3 is 0 Å². The summed E-state index contributed by atoms with van der Waals surface area (Å²) in [6.07, 6.45) is 3.63. The van der Waals surface area contributed by atoms with Crippen molar-refractivity contribution >= 4 is 5.78 Å². The molecule has 17 heavy (non-hydrogen) atoms. The van der Waals surface area contributed by atoms with Gasteiger partial charge >= 0.3 is 0 Å². The van der Waals surface area contributed by atoms with Gasteiger partial charge in [0.1, 0.15) is 6.54 Å². The molecule has 0 spiro atoms. The number of aryl methyl sites for hydroxylation is 3. The smallest absolute Gasteiger partial charge is 0.184 e.